The van der Waals surface area contributed by atoms with Gasteiger partial charge in [-0.15, -0.1) is 0 Å². The molecule has 0 saturated heterocycles. The fourth-order valence-corrected chi connectivity index (χ4v) is 2.10. The highest BCUT2D eigenvalue weighted by Crippen LogP contribution is 2.27. The van der Waals surface area contributed by atoms with Crippen molar-refractivity contribution in [1.82, 2.24) is 15.3 Å². The van der Waals surface area contributed by atoms with Crippen LogP contribution in [-0.4, -0.2) is 24.1 Å². The third-order valence-corrected chi connectivity index (χ3v) is 3.06. The van der Waals surface area contributed by atoms with Gasteiger partial charge in [0.2, 0.25) is 0 Å². The zero-order valence-corrected chi connectivity index (χ0v) is 11.0. The lowest BCUT2D eigenvalue weighted by Gasteiger charge is -2.19. The number of H-pyrrole nitrogens is 1. The molecule has 2 aromatic rings. The number of hydrogen-bond donors (Lipinski definition) is 2. The monoisotopic (exact) mass is 245 g/mol. The van der Waals surface area contributed by atoms with Crippen molar-refractivity contribution in [2.24, 2.45) is 0 Å². The molecule has 0 aliphatic rings. The number of benzene rings is 1. The first kappa shape index (κ1) is 12.6. The molecule has 18 heavy (non-hydrogen) atoms. The van der Waals surface area contributed by atoms with Crippen molar-refractivity contribution < 1.29 is 4.74 Å². The van der Waals surface area contributed by atoms with E-state index in [0.717, 1.165) is 23.6 Å². The second-order valence-electron chi connectivity index (χ2n) is 4.33. The minimum Gasteiger partial charge on any atom is -0.496 e. The Labute approximate surface area is 107 Å². The van der Waals surface area contributed by atoms with E-state index in [1.54, 1.807) is 13.3 Å². The second-order valence-corrected chi connectivity index (χ2v) is 4.33. The van der Waals surface area contributed by atoms with Crippen molar-refractivity contribution in [3.05, 3.63) is 47.5 Å². The van der Waals surface area contributed by atoms with Gasteiger partial charge in [0.1, 0.15) is 11.6 Å². The van der Waals surface area contributed by atoms with Gasteiger partial charge in [0.05, 0.1) is 7.11 Å². The van der Waals surface area contributed by atoms with Gasteiger partial charge in [0.15, 0.2) is 0 Å². The Kier molecular flexibility index (Phi) is 3.99. The number of nitrogens with one attached hydrogen (secondary N) is 2. The maximum absolute atomic E-state index is 5.43. The molecule has 0 saturated carbocycles. The lowest BCUT2D eigenvalue weighted by molar-refractivity contribution is 0.400. The molecule has 1 unspecified atom stereocenters. The molecule has 4 heteroatoms. The SMILES string of the molecule is CNC(Cc1ncc[nH]1)c1cc(C)ccc1OC. The van der Waals surface area contributed by atoms with E-state index in [2.05, 4.69) is 34.3 Å². The van der Waals surface area contributed by atoms with Crippen LogP contribution in [0.25, 0.3) is 0 Å². The molecule has 0 spiro atoms. The summed E-state index contributed by atoms with van der Waals surface area (Å²) >= 11 is 0. The van der Waals surface area contributed by atoms with Crippen LogP contribution in [0.3, 0.4) is 0 Å². The zero-order chi connectivity index (χ0) is 13.0. The maximum Gasteiger partial charge on any atom is 0.123 e. The van der Waals surface area contributed by atoms with E-state index in [1.807, 2.05) is 19.3 Å². The molecule has 2 rings (SSSR count). The summed E-state index contributed by atoms with van der Waals surface area (Å²) in [7, 11) is 3.66. The number of rotatable bonds is 5. The minimum atomic E-state index is 0.186. The minimum absolute atomic E-state index is 0.186. The van der Waals surface area contributed by atoms with Crippen LogP contribution in [0.15, 0.2) is 30.6 Å². The van der Waals surface area contributed by atoms with Gasteiger partial charge in [-0.2, -0.15) is 0 Å². The van der Waals surface area contributed by atoms with Gasteiger partial charge in [0.25, 0.3) is 0 Å². The molecular weight excluding hydrogens is 226 g/mol. The fourth-order valence-electron chi connectivity index (χ4n) is 2.10. The fraction of sp³-hybridized carbons (Fsp3) is 0.357. The van der Waals surface area contributed by atoms with Crippen LogP contribution in [0.1, 0.15) is 23.0 Å². The quantitative estimate of drug-likeness (QED) is 0.849. The predicted octanol–water partition coefficient (Wildman–Crippen LogP) is 2.23. The molecule has 4 nitrogen and oxygen atoms in total. The Balaban J connectivity index is 2.28. The van der Waals surface area contributed by atoms with E-state index >= 15 is 0 Å². The first-order valence-electron chi connectivity index (χ1n) is 6.04. The van der Waals surface area contributed by atoms with Crippen LogP contribution in [0.4, 0.5) is 0 Å². The molecule has 0 fully saturated rings. The summed E-state index contributed by atoms with van der Waals surface area (Å²) in [6.45, 7) is 2.09. The summed E-state index contributed by atoms with van der Waals surface area (Å²) in [5.74, 6) is 1.88. The number of aromatic amines is 1. The van der Waals surface area contributed by atoms with Gasteiger partial charge in [-0.3, -0.25) is 0 Å². The molecule has 2 N–H and O–H groups in total. The molecule has 0 aliphatic heterocycles. The van der Waals surface area contributed by atoms with Crippen LogP contribution in [0.2, 0.25) is 0 Å². The molecular formula is C14H19N3O. The van der Waals surface area contributed by atoms with Crippen molar-refractivity contribution in [3.63, 3.8) is 0 Å². The molecule has 1 aromatic heterocycles. The Morgan fingerprint density at radius 3 is 2.89 bits per heavy atom. The molecule has 1 aromatic carbocycles. The van der Waals surface area contributed by atoms with E-state index in [4.69, 9.17) is 4.74 Å². The first-order chi connectivity index (χ1) is 8.74. The van der Waals surface area contributed by atoms with Gasteiger partial charge in [-0.05, 0) is 20.0 Å². The lowest BCUT2D eigenvalue weighted by atomic mass is 10.0. The Morgan fingerprint density at radius 2 is 2.28 bits per heavy atom. The number of ether oxygens (including phenoxy) is 1. The lowest BCUT2D eigenvalue weighted by Crippen LogP contribution is -2.20. The van der Waals surface area contributed by atoms with Gasteiger partial charge in [0, 0.05) is 30.4 Å². The average molecular weight is 245 g/mol. The van der Waals surface area contributed by atoms with Gasteiger partial charge < -0.3 is 15.0 Å². The molecule has 0 amide bonds. The number of imidazole rings is 1. The van der Waals surface area contributed by atoms with Crippen molar-refractivity contribution >= 4 is 0 Å². The zero-order valence-electron chi connectivity index (χ0n) is 11.0. The van der Waals surface area contributed by atoms with Crippen molar-refractivity contribution in [1.29, 1.82) is 0 Å². The Hall–Kier alpha value is -1.81. The third kappa shape index (κ3) is 2.71. The number of nitrogens with zero attached hydrogens (tertiary/aromatic N) is 1. The molecule has 96 valence electrons. The summed E-state index contributed by atoms with van der Waals surface area (Å²) in [6, 6.07) is 6.41. The van der Waals surface area contributed by atoms with Crippen molar-refractivity contribution in [2.75, 3.05) is 14.2 Å². The van der Waals surface area contributed by atoms with Gasteiger partial charge in [-0.1, -0.05) is 17.7 Å². The number of likely N-dealkylation sites (N-methyl/N-ethyl adjacent to an activating group) is 1. The number of aromatic nitrogens is 2. The number of methoxy groups -OCH3 is 1. The number of hydrogen-bond acceptors (Lipinski definition) is 3. The van der Waals surface area contributed by atoms with Crippen LogP contribution < -0.4 is 10.1 Å². The van der Waals surface area contributed by atoms with Crippen LogP contribution in [-0.2, 0) is 6.42 Å². The van der Waals surface area contributed by atoms with Crippen LogP contribution in [0, 0.1) is 6.92 Å². The highest BCUT2D eigenvalue weighted by Gasteiger charge is 2.16. The summed E-state index contributed by atoms with van der Waals surface area (Å²) in [6.07, 6.45) is 4.42. The standard InChI is InChI=1S/C14H19N3O/c1-10-4-5-13(18-3)11(8-10)12(15-2)9-14-16-6-7-17-14/h4-8,12,15H,9H2,1-3H3,(H,16,17). The summed E-state index contributed by atoms with van der Waals surface area (Å²) in [5, 5.41) is 3.32. The van der Waals surface area contributed by atoms with E-state index in [1.165, 1.54) is 5.56 Å². The van der Waals surface area contributed by atoms with Crippen molar-refractivity contribution in [3.8, 4) is 5.75 Å². The van der Waals surface area contributed by atoms with Crippen molar-refractivity contribution in [2.45, 2.75) is 19.4 Å². The van der Waals surface area contributed by atoms with E-state index in [0.29, 0.717) is 0 Å². The van der Waals surface area contributed by atoms with E-state index in [-0.39, 0.29) is 6.04 Å². The molecule has 1 heterocycles. The molecule has 1 atom stereocenters. The predicted molar refractivity (Wildman–Crippen MR) is 71.8 cm³/mol. The topological polar surface area (TPSA) is 49.9 Å². The number of aryl methyl sites for hydroxylation is 1. The van der Waals surface area contributed by atoms with E-state index < -0.39 is 0 Å². The second kappa shape index (κ2) is 5.69. The maximum atomic E-state index is 5.43. The first-order valence-corrected chi connectivity index (χ1v) is 6.04. The summed E-state index contributed by atoms with van der Waals surface area (Å²) in [5.41, 5.74) is 2.39. The van der Waals surface area contributed by atoms with Gasteiger partial charge >= 0.3 is 0 Å². The average Bonchev–Trinajstić information content (AvgIpc) is 2.88. The molecule has 0 bridgehead atoms. The molecule has 0 aliphatic carbocycles. The van der Waals surface area contributed by atoms with Crippen LogP contribution >= 0.6 is 0 Å². The van der Waals surface area contributed by atoms with Crippen LogP contribution in [0.5, 0.6) is 5.75 Å². The summed E-state index contributed by atoms with van der Waals surface area (Å²) < 4.78 is 5.43. The largest absolute Gasteiger partial charge is 0.496 e. The smallest absolute Gasteiger partial charge is 0.123 e. The Morgan fingerprint density at radius 1 is 1.44 bits per heavy atom. The molecule has 0 radical (unpaired) electrons. The Bertz CT molecular complexity index is 494. The third-order valence-electron chi connectivity index (χ3n) is 3.06. The van der Waals surface area contributed by atoms with Gasteiger partial charge in [-0.25, -0.2) is 4.98 Å². The summed E-state index contributed by atoms with van der Waals surface area (Å²) in [4.78, 5) is 7.40. The highest BCUT2D eigenvalue weighted by molar-refractivity contribution is 5.39. The highest BCUT2D eigenvalue weighted by atomic mass is 16.5. The normalized spacial score (nSPS) is 12.4. The van der Waals surface area contributed by atoms with E-state index in [9.17, 15) is 0 Å².